The zero-order valence-electron chi connectivity index (χ0n) is 49.4. The van der Waals surface area contributed by atoms with Crippen molar-refractivity contribution in [2.24, 2.45) is 22.2 Å². The number of imidazole rings is 1. The van der Waals surface area contributed by atoms with Crippen LogP contribution in [0, 0.1) is 0 Å². The van der Waals surface area contributed by atoms with Crippen molar-refractivity contribution in [3.05, 3.63) is 120 Å². The molecule has 8 rings (SSSR count). The molecule has 20 N–H and O–H groups in total. The van der Waals surface area contributed by atoms with Crippen LogP contribution in [0.5, 0.6) is 5.75 Å². The van der Waals surface area contributed by atoms with Crippen molar-refractivity contribution in [3.63, 3.8) is 0 Å². The number of hydrogen-bond acceptors (Lipinski definition) is 15. The smallest absolute Gasteiger partial charge is 0.245 e. The van der Waals surface area contributed by atoms with E-state index in [-0.39, 0.29) is 88.5 Å². The van der Waals surface area contributed by atoms with Crippen molar-refractivity contribution < 1.29 is 63.0 Å². The number of rotatable bonds is 31. The van der Waals surface area contributed by atoms with Gasteiger partial charge in [-0.25, -0.2) is 4.98 Å². The van der Waals surface area contributed by atoms with E-state index in [2.05, 4.69) is 72.8 Å². The molecule has 6 aromatic rings. The van der Waals surface area contributed by atoms with E-state index in [1.165, 1.54) is 41.7 Å². The van der Waals surface area contributed by atoms with Crippen LogP contribution in [0.4, 0.5) is 0 Å². The monoisotopic (exact) mass is 1250 g/mol. The van der Waals surface area contributed by atoms with Crippen molar-refractivity contribution in [3.8, 4) is 5.75 Å². The number of aliphatic imine (C=N–C) groups is 1. The molecule has 3 aromatic carbocycles. The summed E-state index contributed by atoms with van der Waals surface area (Å²) in [5, 5.41) is 45.5. The summed E-state index contributed by atoms with van der Waals surface area (Å²) in [5.74, 6) is -8.89. The fourth-order valence-corrected chi connectivity index (χ4v) is 10.8. The van der Waals surface area contributed by atoms with Crippen LogP contribution in [0.15, 0.2) is 103 Å². The van der Waals surface area contributed by atoms with Crippen molar-refractivity contribution in [1.29, 1.82) is 0 Å². The number of benzene rings is 3. The number of aliphatic hydroxyl groups excluding tert-OH is 1. The highest BCUT2D eigenvalue weighted by molar-refractivity contribution is 5.99. The molecule has 31 heteroatoms. The maximum atomic E-state index is 14.6. The molecule has 0 radical (unpaired) electrons. The van der Waals surface area contributed by atoms with Crippen LogP contribution in [0.3, 0.4) is 0 Å². The number of fused-ring (bicyclic) bond motifs is 2. The molecule has 0 bridgehead atoms. The van der Waals surface area contributed by atoms with Crippen LogP contribution >= 0.6 is 0 Å². The van der Waals surface area contributed by atoms with E-state index in [0.29, 0.717) is 50.6 Å². The molecule has 0 spiro atoms. The van der Waals surface area contributed by atoms with Crippen molar-refractivity contribution in [2.75, 3.05) is 32.8 Å². The Hall–Kier alpha value is -10.9. The van der Waals surface area contributed by atoms with Gasteiger partial charge in [-0.1, -0.05) is 48.5 Å². The highest BCUT2D eigenvalue weighted by atomic mass is 16.3. The number of carbonyl (C=O) groups is 11. The molecule has 482 valence electrons. The van der Waals surface area contributed by atoms with Gasteiger partial charge in [0.1, 0.15) is 54.1 Å². The van der Waals surface area contributed by atoms with Gasteiger partial charge in [-0.15, -0.1) is 0 Å². The quantitative estimate of drug-likeness (QED) is 0.0113. The van der Waals surface area contributed by atoms with E-state index >= 15 is 0 Å². The maximum Gasteiger partial charge on any atom is 0.245 e. The fourth-order valence-electron chi connectivity index (χ4n) is 10.8. The lowest BCUT2D eigenvalue weighted by Crippen LogP contribution is -2.60. The Kier molecular flexibility index (Phi) is 22.8. The lowest BCUT2D eigenvalue weighted by molar-refractivity contribution is -0.142. The molecule has 0 saturated carbocycles. The summed E-state index contributed by atoms with van der Waals surface area (Å²) in [6, 6.07) is 9.22. The molecule has 2 aliphatic heterocycles. The lowest BCUT2D eigenvalue weighted by atomic mass is 10.0. The van der Waals surface area contributed by atoms with Gasteiger partial charge in [-0.05, 0) is 73.1 Å². The Labute approximate surface area is 520 Å². The number of phenolic OH excluding ortho intramolecular Hbond substituents is 1. The SMILES string of the molecule is NC(=O)CNC(=O)[C@@H]1CCCN1C(=O)[C@H](CCCN=C(N)N)NC(=O)[C@H](Cc1c[nH]c2ccccc12)NC(=O)CNC(=O)[C@H](Cc1ccc(O)cc1)NC(=O)[C@H](CO)NC(=O)[C@H](Cc1c[nH]c2ccccc12)NC(=O)[C@H](Cc1cnc[nH]1)NC(=O)[C@@H]1CCC(=O)N1. The van der Waals surface area contributed by atoms with Gasteiger partial charge in [0, 0.05) is 91.3 Å². The highest BCUT2D eigenvalue weighted by Gasteiger charge is 2.39. The van der Waals surface area contributed by atoms with Crippen molar-refractivity contribution in [1.82, 2.24) is 72.7 Å². The van der Waals surface area contributed by atoms with Crippen LogP contribution in [-0.2, 0) is 78.4 Å². The first-order valence-electron chi connectivity index (χ1n) is 29.5. The molecular weight excluding hydrogens is 1180 g/mol. The topological polar surface area (TPSA) is 490 Å². The molecule has 5 heterocycles. The number of amides is 11. The Balaban J connectivity index is 0.989. The Morgan fingerprint density at radius 1 is 0.637 bits per heavy atom. The van der Waals surface area contributed by atoms with Crippen LogP contribution in [0.25, 0.3) is 21.8 Å². The summed E-state index contributed by atoms with van der Waals surface area (Å²) in [4.78, 5) is 169. The predicted molar refractivity (Wildman–Crippen MR) is 328 cm³/mol. The van der Waals surface area contributed by atoms with Gasteiger partial charge in [0.15, 0.2) is 5.96 Å². The molecule has 31 nitrogen and oxygen atoms in total. The molecule has 91 heavy (non-hydrogen) atoms. The number of carbonyl (C=O) groups excluding carboxylic acids is 11. The number of aromatic amines is 3. The highest BCUT2D eigenvalue weighted by Crippen LogP contribution is 2.23. The first kappa shape index (κ1) is 66.1. The Bertz CT molecular complexity index is 3640. The third kappa shape index (κ3) is 18.4. The number of nitrogens with zero attached hydrogens (tertiary/aromatic N) is 3. The molecule has 0 unspecified atom stereocenters. The van der Waals surface area contributed by atoms with Crippen molar-refractivity contribution >= 4 is 92.7 Å². The second-order valence-corrected chi connectivity index (χ2v) is 22.1. The molecule has 8 atom stereocenters. The largest absolute Gasteiger partial charge is 0.508 e. The minimum atomic E-state index is -1.78. The number of likely N-dealkylation sites (tertiary alicyclic amines) is 1. The summed E-state index contributed by atoms with van der Waals surface area (Å²) in [5.41, 5.74) is 19.8. The molecule has 11 amide bonds. The van der Waals surface area contributed by atoms with Crippen molar-refractivity contribution in [2.45, 2.75) is 113 Å². The number of nitrogens with one attached hydrogen (secondary N) is 12. The number of guanidine groups is 1. The normalized spacial score (nSPS) is 16.4. The van der Waals surface area contributed by atoms with Gasteiger partial charge in [-0.2, -0.15) is 0 Å². The number of aromatic nitrogens is 4. The van der Waals surface area contributed by atoms with Crippen LogP contribution < -0.4 is 65.1 Å². The van der Waals surface area contributed by atoms with Gasteiger partial charge in [-0.3, -0.25) is 57.7 Å². The third-order valence-electron chi connectivity index (χ3n) is 15.5. The van der Waals surface area contributed by atoms with Crippen LogP contribution in [-0.4, -0.2) is 187 Å². The van der Waals surface area contributed by atoms with Gasteiger partial charge < -0.3 is 95.1 Å². The van der Waals surface area contributed by atoms with E-state index in [4.69, 9.17) is 17.2 Å². The predicted octanol–water partition coefficient (Wildman–Crippen LogP) is -3.71. The number of nitrogens with two attached hydrogens (primary N) is 3. The number of hydrogen-bond donors (Lipinski definition) is 17. The Morgan fingerprint density at radius 3 is 1.80 bits per heavy atom. The average molecular weight is 1260 g/mol. The minimum absolute atomic E-state index is 0.0207. The molecule has 2 aliphatic rings. The fraction of sp³-hybridized carbons (Fsp3) is 0.383. The van der Waals surface area contributed by atoms with E-state index in [0.717, 1.165) is 0 Å². The van der Waals surface area contributed by atoms with Gasteiger partial charge in [0.25, 0.3) is 0 Å². The maximum absolute atomic E-state index is 14.6. The number of para-hydroxylation sites is 2. The number of phenols is 1. The summed E-state index contributed by atoms with van der Waals surface area (Å²) in [6.07, 6.45) is 6.53. The Morgan fingerprint density at radius 2 is 1.22 bits per heavy atom. The van der Waals surface area contributed by atoms with E-state index in [9.17, 15) is 63.0 Å². The van der Waals surface area contributed by atoms with E-state index in [1.807, 2.05) is 0 Å². The lowest BCUT2D eigenvalue weighted by Gasteiger charge is -2.30. The second-order valence-electron chi connectivity index (χ2n) is 22.1. The van der Waals surface area contributed by atoms with Gasteiger partial charge >= 0.3 is 0 Å². The summed E-state index contributed by atoms with van der Waals surface area (Å²) >= 11 is 0. The number of primary amides is 1. The first-order chi connectivity index (χ1) is 43.7. The van der Waals surface area contributed by atoms with Crippen LogP contribution in [0.1, 0.15) is 60.9 Å². The summed E-state index contributed by atoms with van der Waals surface area (Å²) < 4.78 is 0. The van der Waals surface area contributed by atoms with E-state index < -0.39 is 127 Å². The number of aromatic hydroxyl groups is 1. The first-order valence-corrected chi connectivity index (χ1v) is 29.5. The molecule has 2 saturated heterocycles. The molecule has 0 aliphatic carbocycles. The molecule has 2 fully saturated rings. The van der Waals surface area contributed by atoms with Crippen LogP contribution in [0.2, 0.25) is 0 Å². The minimum Gasteiger partial charge on any atom is -0.508 e. The standard InChI is InChI=1S/C60H74N18O13/c61-49(81)28-68-58(90)48-12-6-20-78(48)59(91)42(11-5-19-65-60(62)63)73-54(86)44(22-33-25-66-39-9-3-1-7-37(33)39)72-51(83)29-69-52(84)43(21-32-13-15-36(80)16-14-32)74-57(89)47(30-79)77-55(87)45(23-34-26-67-40-10-4-2-8-38(34)40)75-56(88)46(24-35-27-64-31-70-35)76-53(85)41-17-18-50(82)71-41/h1-4,7-10,13-16,25-27,31,41-48,66-67,79-80H,5-6,11-12,17-24,28-30H2,(H2,61,81)(H,64,70)(H,68,90)(H,69,84)(H,71,82)(H,72,83)(H,73,86)(H,74,89)(H,75,88)(H,76,85)(H,77,87)(H4,62,63,65)/t41-,42-,43-,44-,45-,46-,47-,48-/m0/s1. The average Bonchev–Trinajstić information content (AvgIpc) is 1.96. The molecule has 3 aromatic heterocycles. The second kappa shape index (κ2) is 31.4. The zero-order chi connectivity index (χ0) is 65.1. The van der Waals surface area contributed by atoms with E-state index in [1.54, 1.807) is 60.9 Å². The number of aliphatic hydroxyl groups is 1. The summed E-state index contributed by atoms with van der Waals surface area (Å²) in [7, 11) is 0. The molecular formula is C60H74N18O13. The summed E-state index contributed by atoms with van der Waals surface area (Å²) in [6.45, 7) is -2.07. The zero-order valence-corrected chi connectivity index (χ0v) is 49.4. The third-order valence-corrected chi connectivity index (χ3v) is 15.5. The van der Waals surface area contributed by atoms with Gasteiger partial charge in [0.05, 0.1) is 26.0 Å². The number of H-pyrrole nitrogens is 3. The van der Waals surface area contributed by atoms with Gasteiger partial charge in [0.2, 0.25) is 65.0 Å².